The highest BCUT2D eigenvalue weighted by Gasteiger charge is 2.16. The van der Waals surface area contributed by atoms with Crippen molar-refractivity contribution in [3.8, 4) is 0 Å². The number of pyridine rings is 1. The minimum Gasteiger partial charge on any atom is -0.396 e. The van der Waals surface area contributed by atoms with Gasteiger partial charge >= 0.3 is 6.03 Å². The molecule has 5 heteroatoms. The fraction of sp³-hybridized carbons (Fsp3) is 0.412. The molecule has 0 aliphatic carbocycles. The van der Waals surface area contributed by atoms with Gasteiger partial charge in [0.15, 0.2) is 0 Å². The van der Waals surface area contributed by atoms with Crippen LogP contribution in [0.25, 0.3) is 10.9 Å². The van der Waals surface area contributed by atoms with Gasteiger partial charge in [-0.15, -0.1) is 0 Å². The van der Waals surface area contributed by atoms with E-state index in [1.807, 2.05) is 51.1 Å². The van der Waals surface area contributed by atoms with Crippen molar-refractivity contribution in [1.82, 2.24) is 10.3 Å². The molecule has 1 atom stereocenters. The van der Waals surface area contributed by atoms with Crippen LogP contribution in [0.4, 0.5) is 10.5 Å². The van der Waals surface area contributed by atoms with Gasteiger partial charge in [0.1, 0.15) is 0 Å². The van der Waals surface area contributed by atoms with Gasteiger partial charge in [-0.25, -0.2) is 4.79 Å². The van der Waals surface area contributed by atoms with Crippen LogP contribution in [-0.4, -0.2) is 28.8 Å². The van der Waals surface area contributed by atoms with Crippen LogP contribution < -0.4 is 10.6 Å². The third-order valence-corrected chi connectivity index (χ3v) is 3.67. The highest BCUT2D eigenvalue weighted by atomic mass is 16.3. The van der Waals surface area contributed by atoms with E-state index in [-0.39, 0.29) is 24.6 Å². The molecular weight excluding hydrogens is 278 g/mol. The Bertz CT molecular complexity index is 655. The van der Waals surface area contributed by atoms with Crippen molar-refractivity contribution in [2.24, 2.45) is 5.92 Å². The van der Waals surface area contributed by atoms with Crippen LogP contribution in [-0.2, 0) is 0 Å². The van der Waals surface area contributed by atoms with Gasteiger partial charge in [0, 0.05) is 23.7 Å². The van der Waals surface area contributed by atoms with Gasteiger partial charge in [-0.05, 0) is 31.4 Å². The van der Waals surface area contributed by atoms with Crippen LogP contribution in [0.5, 0.6) is 0 Å². The number of aromatic nitrogens is 1. The van der Waals surface area contributed by atoms with Crippen molar-refractivity contribution in [2.75, 3.05) is 11.9 Å². The number of carbonyl (C=O) groups excluding carboxylic acids is 1. The molecule has 118 valence electrons. The quantitative estimate of drug-likeness (QED) is 0.794. The molecule has 5 nitrogen and oxygen atoms in total. The van der Waals surface area contributed by atoms with Crippen LogP contribution in [0.1, 0.15) is 26.0 Å². The smallest absolute Gasteiger partial charge is 0.319 e. The van der Waals surface area contributed by atoms with Crippen molar-refractivity contribution in [3.05, 3.63) is 36.0 Å². The number of hydrogen-bond acceptors (Lipinski definition) is 3. The molecule has 22 heavy (non-hydrogen) atoms. The maximum atomic E-state index is 12.2. The molecule has 1 unspecified atom stereocenters. The van der Waals surface area contributed by atoms with E-state index in [9.17, 15) is 4.79 Å². The number of fused-ring (bicyclic) bond motifs is 1. The SMILES string of the molecule is Cc1ccc2cccc(NC(=O)NC(CCO)C(C)C)c2n1. The second-order valence-electron chi connectivity index (χ2n) is 5.79. The first-order chi connectivity index (χ1) is 10.5. The molecule has 0 fully saturated rings. The summed E-state index contributed by atoms with van der Waals surface area (Å²) in [6.07, 6.45) is 0.540. The molecule has 0 radical (unpaired) electrons. The molecule has 0 bridgehead atoms. The van der Waals surface area contributed by atoms with Crippen molar-refractivity contribution in [2.45, 2.75) is 33.2 Å². The lowest BCUT2D eigenvalue weighted by Gasteiger charge is -2.22. The van der Waals surface area contributed by atoms with Gasteiger partial charge in [-0.1, -0.05) is 32.0 Å². The zero-order valence-electron chi connectivity index (χ0n) is 13.3. The number of nitrogens with one attached hydrogen (secondary N) is 2. The van der Waals surface area contributed by atoms with E-state index in [0.29, 0.717) is 12.1 Å². The van der Waals surface area contributed by atoms with Crippen LogP contribution in [0.15, 0.2) is 30.3 Å². The molecule has 2 amide bonds. The Balaban J connectivity index is 2.16. The summed E-state index contributed by atoms with van der Waals surface area (Å²) in [6.45, 7) is 6.01. The number of rotatable bonds is 5. The standard InChI is InChI=1S/C17H23N3O2/c1-11(2)14(9-10-21)19-17(22)20-15-6-4-5-13-8-7-12(3)18-16(13)15/h4-8,11,14,21H,9-10H2,1-3H3,(H2,19,20,22). The number of para-hydroxylation sites is 1. The van der Waals surface area contributed by atoms with Crippen LogP contribution in [0.2, 0.25) is 0 Å². The number of carbonyl (C=O) groups is 1. The predicted molar refractivity (Wildman–Crippen MR) is 89.0 cm³/mol. The summed E-state index contributed by atoms with van der Waals surface area (Å²) in [4.78, 5) is 16.7. The van der Waals surface area contributed by atoms with Crippen molar-refractivity contribution < 1.29 is 9.90 Å². The summed E-state index contributed by atoms with van der Waals surface area (Å²) in [5.74, 6) is 0.255. The Hall–Kier alpha value is -2.14. The van der Waals surface area contributed by atoms with Crippen molar-refractivity contribution in [1.29, 1.82) is 0 Å². The highest BCUT2D eigenvalue weighted by molar-refractivity contribution is 5.99. The second-order valence-corrected chi connectivity index (χ2v) is 5.79. The Morgan fingerprint density at radius 1 is 1.27 bits per heavy atom. The molecule has 1 aromatic heterocycles. The van der Waals surface area contributed by atoms with Crippen molar-refractivity contribution in [3.63, 3.8) is 0 Å². The Morgan fingerprint density at radius 2 is 2.05 bits per heavy atom. The first-order valence-electron chi connectivity index (χ1n) is 7.56. The zero-order chi connectivity index (χ0) is 16.1. The van der Waals surface area contributed by atoms with Gasteiger partial charge in [-0.3, -0.25) is 4.98 Å². The summed E-state index contributed by atoms with van der Waals surface area (Å²) in [7, 11) is 0. The molecule has 0 aliphatic heterocycles. The Morgan fingerprint density at radius 3 is 2.73 bits per heavy atom. The molecule has 0 aliphatic rings. The molecule has 1 heterocycles. The maximum absolute atomic E-state index is 12.2. The molecular formula is C17H23N3O2. The molecule has 0 saturated heterocycles. The molecule has 0 spiro atoms. The Labute approximate surface area is 130 Å². The Kier molecular flexibility index (Phi) is 5.33. The largest absolute Gasteiger partial charge is 0.396 e. The fourth-order valence-electron chi connectivity index (χ4n) is 2.38. The summed E-state index contributed by atoms with van der Waals surface area (Å²) >= 11 is 0. The predicted octanol–water partition coefficient (Wildman–Crippen LogP) is 3.07. The lowest BCUT2D eigenvalue weighted by molar-refractivity contribution is 0.227. The van der Waals surface area contributed by atoms with E-state index in [4.69, 9.17) is 5.11 Å². The number of hydrogen-bond donors (Lipinski definition) is 3. The summed E-state index contributed by atoms with van der Waals surface area (Å²) < 4.78 is 0. The van der Waals surface area contributed by atoms with Gasteiger partial charge in [0.25, 0.3) is 0 Å². The van der Waals surface area contributed by atoms with E-state index >= 15 is 0 Å². The summed E-state index contributed by atoms with van der Waals surface area (Å²) in [5.41, 5.74) is 2.37. The maximum Gasteiger partial charge on any atom is 0.319 e. The van der Waals surface area contributed by atoms with E-state index in [1.165, 1.54) is 0 Å². The van der Waals surface area contributed by atoms with Crippen LogP contribution >= 0.6 is 0 Å². The van der Waals surface area contributed by atoms with Crippen LogP contribution in [0.3, 0.4) is 0 Å². The lowest BCUT2D eigenvalue weighted by atomic mass is 10.0. The molecule has 2 aromatic rings. The number of urea groups is 1. The first kappa shape index (κ1) is 16.2. The summed E-state index contributed by atoms with van der Waals surface area (Å²) in [6, 6.07) is 9.30. The van der Waals surface area contributed by atoms with E-state index < -0.39 is 0 Å². The number of aryl methyl sites for hydroxylation is 1. The van der Waals surface area contributed by atoms with Gasteiger partial charge in [-0.2, -0.15) is 0 Å². The molecule has 0 saturated carbocycles. The fourth-order valence-corrected chi connectivity index (χ4v) is 2.38. The monoisotopic (exact) mass is 301 g/mol. The molecule has 2 rings (SSSR count). The van der Waals surface area contributed by atoms with Gasteiger partial charge < -0.3 is 15.7 Å². The summed E-state index contributed by atoms with van der Waals surface area (Å²) in [5, 5.41) is 15.8. The highest BCUT2D eigenvalue weighted by Crippen LogP contribution is 2.21. The van der Waals surface area contributed by atoms with E-state index in [1.54, 1.807) is 0 Å². The zero-order valence-corrected chi connectivity index (χ0v) is 13.3. The minimum atomic E-state index is -0.275. The molecule has 1 aromatic carbocycles. The van der Waals surface area contributed by atoms with Crippen molar-refractivity contribution >= 4 is 22.6 Å². The van der Waals surface area contributed by atoms with E-state index in [0.717, 1.165) is 16.6 Å². The third kappa shape index (κ3) is 3.95. The number of anilines is 1. The normalized spacial score (nSPS) is 12.4. The number of nitrogens with zero attached hydrogens (tertiary/aromatic N) is 1. The first-order valence-corrected chi connectivity index (χ1v) is 7.56. The second kappa shape index (κ2) is 7.22. The number of amides is 2. The third-order valence-electron chi connectivity index (χ3n) is 3.67. The van der Waals surface area contributed by atoms with Gasteiger partial charge in [0.2, 0.25) is 0 Å². The number of aliphatic hydroxyl groups is 1. The topological polar surface area (TPSA) is 74.2 Å². The minimum absolute atomic E-state index is 0.0537. The average molecular weight is 301 g/mol. The van der Waals surface area contributed by atoms with Gasteiger partial charge in [0.05, 0.1) is 11.2 Å². The lowest BCUT2D eigenvalue weighted by Crippen LogP contribution is -2.41. The molecule has 3 N–H and O–H groups in total. The number of aliphatic hydroxyl groups excluding tert-OH is 1. The number of benzene rings is 1. The van der Waals surface area contributed by atoms with Crippen LogP contribution in [0, 0.1) is 12.8 Å². The van der Waals surface area contributed by atoms with E-state index in [2.05, 4.69) is 15.6 Å². The average Bonchev–Trinajstić information content (AvgIpc) is 2.47.